The van der Waals surface area contributed by atoms with Crippen LogP contribution in [0.1, 0.15) is 33.4 Å². The van der Waals surface area contributed by atoms with Gasteiger partial charge in [-0.2, -0.15) is 0 Å². The van der Waals surface area contributed by atoms with Crippen molar-refractivity contribution in [1.82, 2.24) is 0 Å². The summed E-state index contributed by atoms with van der Waals surface area (Å²) in [6.45, 7) is 1.68. The minimum absolute atomic E-state index is 0.0415. The molecule has 2 unspecified atom stereocenters. The van der Waals surface area contributed by atoms with Crippen LogP contribution >= 0.6 is 0 Å². The third-order valence-electron chi connectivity index (χ3n) is 11.7. The zero-order valence-corrected chi connectivity index (χ0v) is 37.3. The highest BCUT2D eigenvalue weighted by atomic mass is 16.8. The Balaban J connectivity index is 1.15. The van der Waals surface area contributed by atoms with E-state index in [4.69, 9.17) is 47.4 Å². The fourth-order valence-electron chi connectivity index (χ4n) is 8.19. The first kappa shape index (κ1) is 47.4. The van der Waals surface area contributed by atoms with Crippen LogP contribution in [0.25, 0.3) is 0 Å². The van der Waals surface area contributed by atoms with Crippen LogP contribution in [0.15, 0.2) is 182 Å². The number of rotatable bonds is 23. The predicted octanol–water partition coefficient (Wildman–Crippen LogP) is 8.60. The van der Waals surface area contributed by atoms with Gasteiger partial charge in [0, 0.05) is 7.11 Å². The van der Waals surface area contributed by atoms with Gasteiger partial charge in [0.15, 0.2) is 12.6 Å². The van der Waals surface area contributed by atoms with E-state index in [0.29, 0.717) is 13.2 Å². The summed E-state index contributed by atoms with van der Waals surface area (Å²) in [5.41, 5.74) is 5.78. The third kappa shape index (κ3) is 13.5. The first-order valence-corrected chi connectivity index (χ1v) is 22.6. The van der Waals surface area contributed by atoms with Crippen LogP contribution in [0.5, 0.6) is 0 Å². The van der Waals surface area contributed by atoms with E-state index in [0.717, 1.165) is 33.4 Å². The maximum atomic E-state index is 12.2. The third-order valence-corrected chi connectivity index (χ3v) is 11.7. The molecule has 2 aliphatic rings. The number of aliphatic hydroxyl groups is 1. The molecule has 10 atom stereocenters. The first-order valence-electron chi connectivity index (χ1n) is 22.6. The molecule has 0 radical (unpaired) electrons. The molecule has 11 nitrogen and oxygen atoms in total. The van der Waals surface area contributed by atoms with Crippen LogP contribution in [-0.4, -0.2) is 86.8 Å². The second kappa shape index (κ2) is 25.1. The summed E-state index contributed by atoms with van der Waals surface area (Å²) in [4.78, 5) is 0. The minimum atomic E-state index is -1.16. The van der Waals surface area contributed by atoms with Gasteiger partial charge in [0.1, 0.15) is 48.8 Å². The minimum Gasteiger partial charge on any atom is -0.387 e. The summed E-state index contributed by atoms with van der Waals surface area (Å²) >= 11 is 0. The highest BCUT2D eigenvalue weighted by molar-refractivity contribution is 5.18. The number of aliphatic hydroxyl groups excluding tert-OH is 1. The molecule has 0 spiro atoms. The Hall–Kier alpha value is -5.12. The molecule has 6 aromatic carbocycles. The molecule has 6 aromatic rings. The average molecular weight is 897 g/mol. The lowest BCUT2D eigenvalue weighted by molar-refractivity contribution is -0.373. The lowest BCUT2D eigenvalue weighted by atomic mass is 9.96. The second-order valence-corrected chi connectivity index (χ2v) is 16.5. The summed E-state index contributed by atoms with van der Waals surface area (Å²) in [5.74, 6) is 0. The smallest absolute Gasteiger partial charge is 0.187 e. The molecular weight excluding hydrogens is 837 g/mol. The molecule has 0 amide bonds. The molecule has 2 fully saturated rings. The molecular formula is C55H60O11. The predicted molar refractivity (Wildman–Crippen MR) is 247 cm³/mol. The van der Waals surface area contributed by atoms with Crippen molar-refractivity contribution in [3.63, 3.8) is 0 Å². The molecule has 2 heterocycles. The van der Waals surface area contributed by atoms with Crippen molar-refractivity contribution >= 4 is 0 Å². The number of benzene rings is 6. The number of hydrogen-bond acceptors (Lipinski definition) is 11. The molecule has 2 aliphatic heterocycles. The monoisotopic (exact) mass is 896 g/mol. The quantitative estimate of drug-likeness (QED) is 0.0668. The van der Waals surface area contributed by atoms with Gasteiger partial charge in [-0.1, -0.05) is 182 Å². The molecule has 0 aromatic heterocycles. The molecule has 0 saturated carbocycles. The molecule has 2 saturated heterocycles. The van der Waals surface area contributed by atoms with Gasteiger partial charge in [-0.15, -0.1) is 0 Å². The van der Waals surface area contributed by atoms with Crippen LogP contribution in [-0.2, 0) is 87.0 Å². The molecule has 1 N–H and O–H groups in total. The van der Waals surface area contributed by atoms with E-state index in [1.165, 1.54) is 0 Å². The van der Waals surface area contributed by atoms with Crippen molar-refractivity contribution in [2.24, 2.45) is 0 Å². The number of methoxy groups -OCH3 is 1. The Morgan fingerprint density at radius 2 is 0.682 bits per heavy atom. The van der Waals surface area contributed by atoms with Crippen molar-refractivity contribution in [2.75, 3.05) is 20.3 Å². The van der Waals surface area contributed by atoms with Crippen molar-refractivity contribution in [3.8, 4) is 0 Å². The van der Waals surface area contributed by atoms with E-state index in [1.54, 1.807) is 7.11 Å². The fraction of sp³-hybridized carbons (Fsp3) is 0.345. The number of ether oxygens (including phenoxy) is 10. The highest BCUT2D eigenvalue weighted by Crippen LogP contribution is 2.36. The van der Waals surface area contributed by atoms with Crippen LogP contribution < -0.4 is 0 Å². The van der Waals surface area contributed by atoms with Crippen LogP contribution in [0.4, 0.5) is 0 Å². The molecule has 8 rings (SSSR count). The molecule has 346 valence electrons. The summed E-state index contributed by atoms with van der Waals surface area (Å²) in [6.07, 6.45) is -9.11. The van der Waals surface area contributed by atoms with Gasteiger partial charge in [0.2, 0.25) is 0 Å². The van der Waals surface area contributed by atoms with Gasteiger partial charge in [0.05, 0.1) is 52.9 Å². The second-order valence-electron chi connectivity index (χ2n) is 16.5. The van der Waals surface area contributed by atoms with E-state index in [1.807, 2.05) is 182 Å². The Morgan fingerprint density at radius 1 is 0.364 bits per heavy atom. The zero-order chi connectivity index (χ0) is 45.2. The molecule has 11 heteroatoms. The van der Waals surface area contributed by atoms with Gasteiger partial charge in [0.25, 0.3) is 0 Å². The Kier molecular flexibility index (Phi) is 18.0. The SMILES string of the molecule is COC1O[C@H](COCc2ccccc2)[C@@H](OC2O[C@H](COCc3ccccc3)[C@H](O)[C@H](OCc3ccccc3)[C@H]2OCc2ccccc2)[C@H](OCc2ccccc2)[C@H]1OCc1ccccc1. The van der Waals surface area contributed by atoms with E-state index in [2.05, 4.69) is 0 Å². The van der Waals surface area contributed by atoms with Gasteiger partial charge in [-0.05, 0) is 33.4 Å². The molecule has 0 bridgehead atoms. The van der Waals surface area contributed by atoms with Crippen LogP contribution in [0.3, 0.4) is 0 Å². The molecule has 0 aliphatic carbocycles. The van der Waals surface area contributed by atoms with E-state index < -0.39 is 61.4 Å². The molecule has 66 heavy (non-hydrogen) atoms. The van der Waals surface area contributed by atoms with E-state index in [9.17, 15) is 5.11 Å². The summed E-state index contributed by atoms with van der Waals surface area (Å²) in [7, 11) is 1.59. The largest absolute Gasteiger partial charge is 0.387 e. The Bertz CT molecular complexity index is 2220. The number of hydrogen-bond donors (Lipinski definition) is 1. The van der Waals surface area contributed by atoms with E-state index in [-0.39, 0.29) is 39.6 Å². The lowest BCUT2D eigenvalue weighted by Gasteiger charge is -2.49. The van der Waals surface area contributed by atoms with E-state index >= 15 is 0 Å². The maximum absolute atomic E-state index is 12.2. The average Bonchev–Trinajstić information content (AvgIpc) is 3.37. The van der Waals surface area contributed by atoms with Gasteiger partial charge in [-0.25, -0.2) is 0 Å². The van der Waals surface area contributed by atoms with Gasteiger partial charge >= 0.3 is 0 Å². The zero-order valence-electron chi connectivity index (χ0n) is 37.3. The van der Waals surface area contributed by atoms with Crippen LogP contribution in [0.2, 0.25) is 0 Å². The summed E-state index contributed by atoms with van der Waals surface area (Å²) in [6, 6.07) is 59.4. The normalized spacial score (nSPS) is 25.4. The van der Waals surface area contributed by atoms with Crippen molar-refractivity contribution in [3.05, 3.63) is 215 Å². The van der Waals surface area contributed by atoms with Crippen molar-refractivity contribution in [2.45, 2.75) is 101 Å². The summed E-state index contributed by atoms with van der Waals surface area (Å²) < 4.78 is 66.8. The highest BCUT2D eigenvalue weighted by Gasteiger charge is 2.54. The topological polar surface area (TPSA) is 113 Å². The van der Waals surface area contributed by atoms with Crippen molar-refractivity contribution < 1.29 is 52.5 Å². The maximum Gasteiger partial charge on any atom is 0.187 e. The first-order chi connectivity index (χ1) is 32.6. The van der Waals surface area contributed by atoms with Gasteiger partial charge < -0.3 is 52.5 Å². The standard InChI is InChI=1S/C55H60O11/c1-57-54-53(63-37-45-30-18-7-19-31-45)51(61-35-43-26-14-5-15-27-43)49(47(65-54)39-59-33-41-22-10-3-11-23-41)66-55-52(62-36-44-28-16-6-17-29-44)50(60-34-42-24-12-4-13-25-42)48(56)46(64-55)38-58-32-40-20-8-2-9-21-40/h2-31,46-56H,32-39H2,1H3/t46-,47-,48+,49-,50+,51+,52-,53-,54?,55?/m1/s1. The Labute approximate surface area is 388 Å². The fourth-order valence-corrected chi connectivity index (χ4v) is 8.19. The van der Waals surface area contributed by atoms with Gasteiger partial charge in [-0.3, -0.25) is 0 Å². The van der Waals surface area contributed by atoms with Crippen LogP contribution in [0, 0.1) is 0 Å². The summed E-state index contributed by atoms with van der Waals surface area (Å²) in [5, 5.41) is 12.2. The van der Waals surface area contributed by atoms with Crippen molar-refractivity contribution in [1.29, 1.82) is 0 Å². The Morgan fingerprint density at radius 3 is 1.08 bits per heavy atom. The lowest BCUT2D eigenvalue weighted by Crippen LogP contribution is -2.66.